The maximum absolute atomic E-state index is 9.02. The molecule has 1 aromatic heterocycles. The molecule has 1 aromatic rings. The smallest absolute Gasteiger partial charge is 0.0947 e. The third kappa shape index (κ3) is 3.14. The van der Waals surface area contributed by atoms with Crippen molar-refractivity contribution in [1.82, 2.24) is 5.32 Å². The fourth-order valence-corrected chi connectivity index (χ4v) is 1.06. The van der Waals surface area contributed by atoms with Gasteiger partial charge in [-0.25, -0.2) is 0 Å². The summed E-state index contributed by atoms with van der Waals surface area (Å²) >= 11 is 0. The van der Waals surface area contributed by atoms with E-state index in [1.54, 1.807) is 12.5 Å². The fraction of sp³-hybridized carbons (Fsp3) is 0.600. The number of rotatable bonds is 6. The Kier molecular flexibility index (Phi) is 4.13. The molecular weight excluding hydrogens is 182 g/mol. The monoisotopic (exact) mass is 199 g/mol. The summed E-state index contributed by atoms with van der Waals surface area (Å²) in [6.07, 6.45) is 3.29. The van der Waals surface area contributed by atoms with Crippen molar-refractivity contribution >= 4 is 0 Å². The third-order valence-corrected chi connectivity index (χ3v) is 2.22. The predicted molar refractivity (Wildman–Crippen MR) is 52.7 cm³/mol. The van der Waals surface area contributed by atoms with E-state index in [1.807, 2.05) is 13.0 Å². The molecule has 0 saturated heterocycles. The zero-order valence-corrected chi connectivity index (χ0v) is 8.36. The van der Waals surface area contributed by atoms with E-state index < -0.39 is 5.41 Å². The summed E-state index contributed by atoms with van der Waals surface area (Å²) in [4.78, 5) is 0. The van der Waals surface area contributed by atoms with E-state index in [0.717, 1.165) is 5.56 Å². The van der Waals surface area contributed by atoms with Crippen molar-refractivity contribution in [3.05, 3.63) is 24.2 Å². The lowest BCUT2D eigenvalue weighted by atomic mass is 9.93. The van der Waals surface area contributed by atoms with Crippen LogP contribution in [0.25, 0.3) is 0 Å². The van der Waals surface area contributed by atoms with Crippen molar-refractivity contribution < 1.29 is 14.6 Å². The number of aliphatic hydroxyl groups excluding tert-OH is 2. The van der Waals surface area contributed by atoms with Crippen LogP contribution >= 0.6 is 0 Å². The van der Waals surface area contributed by atoms with Crippen LogP contribution in [0.2, 0.25) is 0 Å². The van der Waals surface area contributed by atoms with Crippen LogP contribution in [0.1, 0.15) is 12.5 Å². The summed E-state index contributed by atoms with van der Waals surface area (Å²) in [7, 11) is 0. The number of hydrogen-bond acceptors (Lipinski definition) is 4. The molecule has 0 saturated carbocycles. The highest BCUT2D eigenvalue weighted by atomic mass is 16.3. The van der Waals surface area contributed by atoms with Gasteiger partial charge < -0.3 is 19.9 Å². The normalized spacial score (nSPS) is 11.9. The highest BCUT2D eigenvalue weighted by molar-refractivity contribution is 5.04. The standard InChI is InChI=1S/C10H17NO3/c1-10(7-12,8-13)6-11-4-9-2-3-14-5-9/h2-3,5,11-13H,4,6-8H2,1H3. The molecule has 0 amide bonds. The number of nitrogens with one attached hydrogen (secondary N) is 1. The Bertz CT molecular complexity index is 242. The Labute approximate surface area is 83.6 Å². The zero-order valence-electron chi connectivity index (χ0n) is 8.36. The van der Waals surface area contributed by atoms with Crippen LogP contribution in [0.4, 0.5) is 0 Å². The molecule has 0 unspecified atom stereocenters. The molecule has 0 aromatic carbocycles. The Morgan fingerprint density at radius 2 is 2.14 bits per heavy atom. The first-order chi connectivity index (χ1) is 6.70. The van der Waals surface area contributed by atoms with Gasteiger partial charge in [0.1, 0.15) is 0 Å². The molecule has 1 rings (SSSR count). The minimum atomic E-state index is -0.455. The average Bonchev–Trinajstić information content (AvgIpc) is 2.70. The molecule has 0 spiro atoms. The van der Waals surface area contributed by atoms with E-state index in [2.05, 4.69) is 5.32 Å². The van der Waals surface area contributed by atoms with Crippen LogP contribution in [-0.2, 0) is 6.54 Å². The SMILES string of the molecule is CC(CO)(CO)CNCc1ccoc1. The minimum absolute atomic E-state index is 0.0259. The van der Waals surface area contributed by atoms with Crippen molar-refractivity contribution in [3.8, 4) is 0 Å². The van der Waals surface area contributed by atoms with E-state index in [9.17, 15) is 0 Å². The second kappa shape index (κ2) is 5.14. The van der Waals surface area contributed by atoms with Crippen LogP contribution in [0.5, 0.6) is 0 Å². The van der Waals surface area contributed by atoms with Crippen LogP contribution in [0.15, 0.2) is 23.0 Å². The van der Waals surface area contributed by atoms with Crippen molar-refractivity contribution in [2.75, 3.05) is 19.8 Å². The Hall–Kier alpha value is -0.840. The lowest BCUT2D eigenvalue weighted by Crippen LogP contribution is -2.37. The van der Waals surface area contributed by atoms with E-state index >= 15 is 0 Å². The molecule has 0 bridgehead atoms. The summed E-state index contributed by atoms with van der Waals surface area (Å²) in [5.74, 6) is 0. The molecule has 0 aliphatic rings. The lowest BCUT2D eigenvalue weighted by Gasteiger charge is -2.24. The van der Waals surface area contributed by atoms with Crippen LogP contribution in [-0.4, -0.2) is 30.0 Å². The van der Waals surface area contributed by atoms with Crippen molar-refractivity contribution in [3.63, 3.8) is 0 Å². The van der Waals surface area contributed by atoms with Gasteiger partial charge in [-0.15, -0.1) is 0 Å². The summed E-state index contributed by atoms with van der Waals surface area (Å²) in [5, 5.41) is 21.2. The Balaban J connectivity index is 2.27. The molecular formula is C10H17NO3. The second-order valence-electron chi connectivity index (χ2n) is 3.86. The van der Waals surface area contributed by atoms with Crippen molar-refractivity contribution in [1.29, 1.82) is 0 Å². The zero-order chi connectivity index (χ0) is 10.4. The number of furan rings is 1. The average molecular weight is 199 g/mol. The maximum Gasteiger partial charge on any atom is 0.0947 e. The van der Waals surface area contributed by atoms with E-state index in [-0.39, 0.29) is 13.2 Å². The van der Waals surface area contributed by atoms with Gasteiger partial charge in [0.25, 0.3) is 0 Å². The molecule has 0 aliphatic carbocycles. The van der Waals surface area contributed by atoms with Gasteiger partial charge in [-0.05, 0) is 6.07 Å². The van der Waals surface area contributed by atoms with E-state index in [0.29, 0.717) is 13.1 Å². The molecule has 0 radical (unpaired) electrons. The van der Waals surface area contributed by atoms with Crippen molar-refractivity contribution in [2.45, 2.75) is 13.5 Å². The fourth-order valence-electron chi connectivity index (χ4n) is 1.06. The molecule has 1 heterocycles. The molecule has 4 nitrogen and oxygen atoms in total. The van der Waals surface area contributed by atoms with Crippen molar-refractivity contribution in [2.24, 2.45) is 5.41 Å². The van der Waals surface area contributed by atoms with E-state index in [4.69, 9.17) is 14.6 Å². The first-order valence-corrected chi connectivity index (χ1v) is 4.64. The van der Waals surface area contributed by atoms with Crippen LogP contribution in [0.3, 0.4) is 0 Å². The third-order valence-electron chi connectivity index (χ3n) is 2.22. The molecule has 3 N–H and O–H groups in total. The van der Waals surface area contributed by atoms with Gasteiger partial charge in [0.15, 0.2) is 0 Å². The van der Waals surface area contributed by atoms with Gasteiger partial charge in [-0.3, -0.25) is 0 Å². The summed E-state index contributed by atoms with van der Waals surface area (Å²) in [6.45, 7) is 3.04. The number of aliphatic hydroxyl groups is 2. The Morgan fingerprint density at radius 3 is 2.64 bits per heavy atom. The first kappa shape index (κ1) is 11.2. The van der Waals surface area contributed by atoms with Gasteiger partial charge >= 0.3 is 0 Å². The minimum Gasteiger partial charge on any atom is -0.472 e. The number of hydrogen-bond donors (Lipinski definition) is 3. The molecule has 0 fully saturated rings. The Morgan fingerprint density at radius 1 is 1.43 bits per heavy atom. The molecule has 0 atom stereocenters. The topological polar surface area (TPSA) is 65.6 Å². The van der Waals surface area contributed by atoms with Gasteiger partial charge in [0.05, 0.1) is 25.7 Å². The summed E-state index contributed by atoms with van der Waals surface area (Å²) < 4.78 is 4.91. The molecule has 80 valence electrons. The van der Waals surface area contributed by atoms with Gasteiger partial charge in [0, 0.05) is 24.1 Å². The highest BCUT2D eigenvalue weighted by Gasteiger charge is 2.21. The lowest BCUT2D eigenvalue weighted by molar-refractivity contribution is 0.0695. The van der Waals surface area contributed by atoms with Gasteiger partial charge in [-0.1, -0.05) is 6.92 Å². The predicted octanol–water partition coefficient (Wildman–Crippen LogP) is 0.360. The molecule has 4 heteroatoms. The maximum atomic E-state index is 9.02. The second-order valence-corrected chi connectivity index (χ2v) is 3.86. The molecule has 0 aliphatic heterocycles. The van der Waals surface area contributed by atoms with E-state index in [1.165, 1.54) is 0 Å². The molecule has 14 heavy (non-hydrogen) atoms. The first-order valence-electron chi connectivity index (χ1n) is 4.64. The largest absolute Gasteiger partial charge is 0.472 e. The van der Waals surface area contributed by atoms with Gasteiger partial charge in [0.2, 0.25) is 0 Å². The summed E-state index contributed by atoms with van der Waals surface area (Å²) in [5.41, 5.74) is 0.604. The van der Waals surface area contributed by atoms with Crippen LogP contribution < -0.4 is 5.32 Å². The summed E-state index contributed by atoms with van der Waals surface area (Å²) in [6, 6.07) is 1.88. The highest BCUT2D eigenvalue weighted by Crippen LogP contribution is 2.12. The van der Waals surface area contributed by atoms with Crippen LogP contribution in [0, 0.1) is 5.41 Å². The van der Waals surface area contributed by atoms with Gasteiger partial charge in [-0.2, -0.15) is 0 Å². The quantitative estimate of drug-likeness (QED) is 0.619.